The summed E-state index contributed by atoms with van der Waals surface area (Å²) in [7, 11) is 0. The molecule has 3 rings (SSSR count). The molecule has 0 aliphatic carbocycles. The highest BCUT2D eigenvalue weighted by molar-refractivity contribution is 9.11. The Morgan fingerprint density at radius 2 is 1.95 bits per heavy atom. The van der Waals surface area contributed by atoms with Crippen LogP contribution in [-0.2, 0) is 0 Å². The summed E-state index contributed by atoms with van der Waals surface area (Å²) < 4.78 is 0.946. The molecule has 0 aliphatic rings. The third-order valence-corrected chi connectivity index (χ3v) is 5.06. The summed E-state index contributed by atoms with van der Waals surface area (Å²) in [6, 6.07) is 11.4. The van der Waals surface area contributed by atoms with Gasteiger partial charge in [0.15, 0.2) is 0 Å². The van der Waals surface area contributed by atoms with E-state index in [-0.39, 0.29) is 5.91 Å². The third-order valence-electron chi connectivity index (χ3n) is 2.62. The minimum absolute atomic E-state index is 0.0947. The van der Waals surface area contributed by atoms with Gasteiger partial charge in [-0.1, -0.05) is 0 Å². The summed E-state index contributed by atoms with van der Waals surface area (Å²) in [4.78, 5) is 16.9. The number of aromatic nitrogens is 1. The highest BCUT2D eigenvalue weighted by Crippen LogP contribution is 2.25. The van der Waals surface area contributed by atoms with E-state index in [2.05, 4.69) is 26.2 Å². The van der Waals surface area contributed by atoms with Crippen LogP contribution >= 0.6 is 38.6 Å². The lowest BCUT2D eigenvalue weighted by molar-refractivity contribution is 0.103. The van der Waals surface area contributed by atoms with Crippen molar-refractivity contribution >= 4 is 50.2 Å². The van der Waals surface area contributed by atoms with Crippen LogP contribution in [0.4, 0.5) is 5.69 Å². The third kappa shape index (κ3) is 2.98. The minimum Gasteiger partial charge on any atom is -0.321 e. The van der Waals surface area contributed by atoms with Crippen LogP contribution in [0.25, 0.3) is 10.6 Å². The van der Waals surface area contributed by atoms with Gasteiger partial charge in [0, 0.05) is 22.8 Å². The van der Waals surface area contributed by atoms with Crippen molar-refractivity contribution in [2.75, 3.05) is 5.32 Å². The molecule has 3 nitrogen and oxygen atoms in total. The fourth-order valence-corrected chi connectivity index (χ4v) is 3.62. The Morgan fingerprint density at radius 3 is 2.55 bits per heavy atom. The van der Waals surface area contributed by atoms with Gasteiger partial charge in [0.05, 0.1) is 8.66 Å². The van der Waals surface area contributed by atoms with E-state index >= 15 is 0 Å². The van der Waals surface area contributed by atoms with Crippen LogP contribution in [-0.4, -0.2) is 10.9 Å². The first-order valence-corrected chi connectivity index (χ1v) is 8.28. The normalized spacial score (nSPS) is 10.4. The predicted octanol–water partition coefficient (Wildman–Crippen LogP) is 4.89. The molecule has 0 saturated heterocycles. The van der Waals surface area contributed by atoms with Crippen molar-refractivity contribution in [3.8, 4) is 10.6 Å². The van der Waals surface area contributed by atoms with E-state index in [0.717, 1.165) is 20.0 Å². The van der Waals surface area contributed by atoms with Gasteiger partial charge in [-0.25, -0.2) is 4.98 Å². The lowest BCUT2D eigenvalue weighted by Crippen LogP contribution is -2.09. The van der Waals surface area contributed by atoms with E-state index in [0.29, 0.717) is 4.88 Å². The maximum Gasteiger partial charge on any atom is 0.265 e. The minimum atomic E-state index is -0.0947. The molecule has 0 spiro atoms. The monoisotopic (exact) mass is 364 g/mol. The maximum atomic E-state index is 12.0. The van der Waals surface area contributed by atoms with Gasteiger partial charge in [-0.05, 0) is 52.3 Å². The fraction of sp³-hybridized carbons (Fsp3) is 0. The Hall–Kier alpha value is -1.50. The number of nitrogens with zero attached hydrogens (tertiary/aromatic N) is 1. The number of thiophene rings is 1. The average Bonchev–Trinajstić information content (AvgIpc) is 3.10. The molecule has 0 bridgehead atoms. The lowest BCUT2D eigenvalue weighted by atomic mass is 10.2. The summed E-state index contributed by atoms with van der Waals surface area (Å²) in [6.07, 6.45) is 1.78. The molecule has 100 valence electrons. The second-order valence-electron chi connectivity index (χ2n) is 3.97. The molecule has 2 aromatic heterocycles. The smallest absolute Gasteiger partial charge is 0.265 e. The van der Waals surface area contributed by atoms with E-state index in [1.54, 1.807) is 23.6 Å². The van der Waals surface area contributed by atoms with Gasteiger partial charge in [-0.3, -0.25) is 4.79 Å². The van der Waals surface area contributed by atoms with E-state index in [1.807, 2.05) is 35.7 Å². The number of benzene rings is 1. The van der Waals surface area contributed by atoms with Gasteiger partial charge in [0.2, 0.25) is 0 Å². The molecule has 0 atom stereocenters. The number of hydrogen-bond acceptors (Lipinski definition) is 4. The topological polar surface area (TPSA) is 42.0 Å². The van der Waals surface area contributed by atoms with Crippen LogP contribution in [0.5, 0.6) is 0 Å². The molecule has 20 heavy (non-hydrogen) atoms. The Morgan fingerprint density at radius 1 is 1.15 bits per heavy atom. The Labute approximate surface area is 132 Å². The quantitative estimate of drug-likeness (QED) is 0.718. The highest BCUT2D eigenvalue weighted by Gasteiger charge is 2.09. The number of halogens is 1. The van der Waals surface area contributed by atoms with Gasteiger partial charge in [0.1, 0.15) is 5.01 Å². The fourth-order valence-electron chi connectivity index (χ4n) is 1.69. The first-order valence-electron chi connectivity index (χ1n) is 5.79. The zero-order valence-electron chi connectivity index (χ0n) is 10.2. The Bertz CT molecular complexity index is 720. The second-order valence-corrected chi connectivity index (χ2v) is 7.33. The van der Waals surface area contributed by atoms with Crippen molar-refractivity contribution in [3.05, 3.63) is 56.6 Å². The van der Waals surface area contributed by atoms with Gasteiger partial charge >= 0.3 is 0 Å². The van der Waals surface area contributed by atoms with E-state index < -0.39 is 0 Å². The molecule has 1 aromatic carbocycles. The molecule has 2 heterocycles. The van der Waals surface area contributed by atoms with Crippen molar-refractivity contribution < 1.29 is 4.79 Å². The SMILES string of the molecule is O=C(Nc1ccc(-c2nccs2)cc1)c1ccc(Br)s1. The van der Waals surface area contributed by atoms with Crippen LogP contribution in [0.2, 0.25) is 0 Å². The number of hydrogen-bond donors (Lipinski definition) is 1. The first-order chi connectivity index (χ1) is 9.72. The number of anilines is 1. The van der Waals surface area contributed by atoms with Crippen LogP contribution < -0.4 is 5.32 Å². The molecule has 0 unspecified atom stereocenters. The standard InChI is InChI=1S/C14H9BrN2OS2/c15-12-6-5-11(20-12)13(18)17-10-3-1-9(2-4-10)14-16-7-8-19-14/h1-8H,(H,17,18). The van der Waals surface area contributed by atoms with Gasteiger partial charge < -0.3 is 5.32 Å². The zero-order valence-corrected chi connectivity index (χ0v) is 13.4. The number of thiazole rings is 1. The second kappa shape index (κ2) is 5.87. The lowest BCUT2D eigenvalue weighted by Gasteiger charge is -2.04. The molecule has 0 saturated carbocycles. The molecule has 3 aromatic rings. The van der Waals surface area contributed by atoms with Crippen molar-refractivity contribution in [1.29, 1.82) is 0 Å². The van der Waals surface area contributed by atoms with Crippen LogP contribution in [0.3, 0.4) is 0 Å². The van der Waals surface area contributed by atoms with Crippen molar-refractivity contribution in [2.24, 2.45) is 0 Å². The largest absolute Gasteiger partial charge is 0.321 e. The molecule has 1 amide bonds. The van der Waals surface area contributed by atoms with Crippen molar-refractivity contribution in [2.45, 2.75) is 0 Å². The molecule has 1 N–H and O–H groups in total. The molecular weight excluding hydrogens is 356 g/mol. The van der Waals surface area contributed by atoms with Gasteiger partial charge in [0.25, 0.3) is 5.91 Å². The summed E-state index contributed by atoms with van der Waals surface area (Å²) in [5.74, 6) is -0.0947. The summed E-state index contributed by atoms with van der Waals surface area (Å²) in [6.45, 7) is 0. The number of amides is 1. The van der Waals surface area contributed by atoms with Crippen LogP contribution in [0, 0.1) is 0 Å². The molecule has 6 heteroatoms. The summed E-state index contributed by atoms with van der Waals surface area (Å²) in [5.41, 5.74) is 1.83. The average molecular weight is 365 g/mol. The first kappa shape index (κ1) is 13.5. The molecule has 0 radical (unpaired) electrons. The van der Waals surface area contributed by atoms with Crippen LogP contribution in [0.15, 0.2) is 51.8 Å². The van der Waals surface area contributed by atoms with E-state index in [9.17, 15) is 4.79 Å². The van der Waals surface area contributed by atoms with Crippen molar-refractivity contribution in [3.63, 3.8) is 0 Å². The van der Waals surface area contributed by atoms with E-state index in [1.165, 1.54) is 11.3 Å². The summed E-state index contributed by atoms with van der Waals surface area (Å²) in [5, 5.41) is 5.80. The number of nitrogens with one attached hydrogen (secondary N) is 1. The predicted molar refractivity (Wildman–Crippen MR) is 87.5 cm³/mol. The van der Waals surface area contributed by atoms with Crippen molar-refractivity contribution in [1.82, 2.24) is 4.98 Å². The highest BCUT2D eigenvalue weighted by atomic mass is 79.9. The maximum absolute atomic E-state index is 12.0. The number of carbonyl (C=O) groups excluding carboxylic acids is 1. The van der Waals surface area contributed by atoms with Crippen LogP contribution in [0.1, 0.15) is 9.67 Å². The molecule has 0 fully saturated rings. The summed E-state index contributed by atoms with van der Waals surface area (Å²) >= 11 is 6.36. The molecular formula is C14H9BrN2OS2. The van der Waals surface area contributed by atoms with Gasteiger partial charge in [-0.2, -0.15) is 0 Å². The molecule has 0 aliphatic heterocycles. The Balaban J connectivity index is 1.74. The van der Waals surface area contributed by atoms with Gasteiger partial charge in [-0.15, -0.1) is 22.7 Å². The number of carbonyl (C=O) groups is 1. The number of rotatable bonds is 3. The van der Waals surface area contributed by atoms with E-state index in [4.69, 9.17) is 0 Å². The zero-order chi connectivity index (χ0) is 13.9. The Kier molecular flexibility index (Phi) is 3.95.